The number of aliphatic carboxylic acids is 1. The van der Waals surface area contributed by atoms with Gasteiger partial charge >= 0.3 is 5.97 Å². The Morgan fingerprint density at radius 2 is 2.24 bits per heavy atom. The van der Waals surface area contributed by atoms with E-state index in [-0.39, 0.29) is 18.4 Å². The Morgan fingerprint density at radius 1 is 1.59 bits per heavy atom. The number of hydrogen-bond acceptors (Lipinski definition) is 4. The van der Waals surface area contributed by atoms with Crippen molar-refractivity contribution < 1.29 is 15.0 Å². The molecule has 4 nitrogen and oxygen atoms in total. The maximum atomic E-state index is 10.8. The average molecular weight is 261 g/mol. The van der Waals surface area contributed by atoms with Gasteiger partial charge in [0, 0.05) is 30.6 Å². The highest BCUT2D eigenvalue weighted by atomic mass is 32.2. The summed E-state index contributed by atoms with van der Waals surface area (Å²) in [6, 6.07) is 0.0523. The van der Waals surface area contributed by atoms with Crippen molar-refractivity contribution in [3.8, 4) is 0 Å². The van der Waals surface area contributed by atoms with Crippen LogP contribution in [0, 0.1) is 5.92 Å². The van der Waals surface area contributed by atoms with Crippen LogP contribution in [0.15, 0.2) is 0 Å². The van der Waals surface area contributed by atoms with E-state index in [1.165, 1.54) is 0 Å². The summed E-state index contributed by atoms with van der Waals surface area (Å²) in [5, 5.41) is 19.2. The van der Waals surface area contributed by atoms with E-state index < -0.39 is 11.6 Å². The molecule has 1 aliphatic rings. The standard InChI is InChI=1S/C12H23NO3S/c1-9(2)12(3,16)8-13-4-5-17-7-10(13)6-11(14)15/h9-10,16H,4-8H2,1-3H3,(H,14,15). The lowest BCUT2D eigenvalue weighted by atomic mass is 9.91. The third-order valence-corrected chi connectivity index (χ3v) is 4.62. The van der Waals surface area contributed by atoms with Gasteiger partial charge in [-0.1, -0.05) is 13.8 Å². The zero-order chi connectivity index (χ0) is 13.1. The molecule has 1 saturated heterocycles. The molecule has 1 fully saturated rings. The number of carboxylic acid groups (broad SMARTS) is 1. The van der Waals surface area contributed by atoms with E-state index in [0.717, 1.165) is 18.1 Å². The van der Waals surface area contributed by atoms with Crippen LogP contribution in [0.5, 0.6) is 0 Å². The molecule has 0 aromatic carbocycles. The Balaban J connectivity index is 2.62. The summed E-state index contributed by atoms with van der Waals surface area (Å²) in [6.45, 7) is 7.24. The molecule has 0 radical (unpaired) electrons. The van der Waals surface area contributed by atoms with Crippen LogP contribution in [0.1, 0.15) is 27.2 Å². The van der Waals surface area contributed by atoms with Crippen LogP contribution < -0.4 is 0 Å². The van der Waals surface area contributed by atoms with Gasteiger partial charge in [0.1, 0.15) is 0 Å². The van der Waals surface area contributed by atoms with Crippen molar-refractivity contribution in [1.82, 2.24) is 4.90 Å². The van der Waals surface area contributed by atoms with Gasteiger partial charge in [-0.15, -0.1) is 0 Å². The van der Waals surface area contributed by atoms with Crippen molar-refractivity contribution in [2.24, 2.45) is 5.92 Å². The number of aliphatic hydroxyl groups is 1. The summed E-state index contributed by atoms with van der Waals surface area (Å²) in [6.07, 6.45) is 0.168. The molecule has 2 unspecified atom stereocenters. The van der Waals surface area contributed by atoms with E-state index in [1.54, 1.807) is 11.8 Å². The molecule has 0 aromatic heterocycles. The van der Waals surface area contributed by atoms with Crippen LogP contribution in [0.25, 0.3) is 0 Å². The monoisotopic (exact) mass is 261 g/mol. The Bertz CT molecular complexity index is 268. The molecule has 0 bridgehead atoms. The van der Waals surface area contributed by atoms with Gasteiger partial charge in [0.15, 0.2) is 0 Å². The van der Waals surface area contributed by atoms with Crippen molar-refractivity contribution in [3.63, 3.8) is 0 Å². The topological polar surface area (TPSA) is 60.8 Å². The minimum atomic E-state index is -0.758. The lowest BCUT2D eigenvalue weighted by Crippen LogP contribution is -2.52. The molecule has 0 aromatic rings. The number of nitrogens with zero attached hydrogens (tertiary/aromatic N) is 1. The van der Waals surface area contributed by atoms with E-state index in [0.29, 0.717) is 6.54 Å². The van der Waals surface area contributed by atoms with E-state index in [2.05, 4.69) is 4.90 Å². The summed E-state index contributed by atoms with van der Waals surface area (Å²) in [4.78, 5) is 12.9. The first-order valence-corrected chi connectivity index (χ1v) is 7.24. The molecule has 5 heteroatoms. The maximum absolute atomic E-state index is 10.8. The highest BCUT2D eigenvalue weighted by molar-refractivity contribution is 7.99. The second-order valence-corrected chi connectivity index (χ2v) is 6.46. The third kappa shape index (κ3) is 4.48. The minimum absolute atomic E-state index is 0.0523. The summed E-state index contributed by atoms with van der Waals surface area (Å²) < 4.78 is 0. The maximum Gasteiger partial charge on any atom is 0.304 e. The number of carbonyl (C=O) groups is 1. The number of carboxylic acids is 1. The second-order valence-electron chi connectivity index (χ2n) is 5.31. The first-order chi connectivity index (χ1) is 7.83. The van der Waals surface area contributed by atoms with Gasteiger partial charge in [-0.3, -0.25) is 9.69 Å². The molecule has 0 aliphatic carbocycles. The Labute approximate surface area is 107 Å². The van der Waals surface area contributed by atoms with Crippen LogP contribution >= 0.6 is 11.8 Å². The number of hydrogen-bond donors (Lipinski definition) is 2. The summed E-state index contributed by atoms with van der Waals surface area (Å²) in [5.74, 6) is 1.28. The molecular formula is C12H23NO3S. The van der Waals surface area contributed by atoms with Crippen molar-refractivity contribution >= 4 is 17.7 Å². The Morgan fingerprint density at radius 3 is 2.76 bits per heavy atom. The Kier molecular flexibility index (Phi) is 5.28. The zero-order valence-corrected chi connectivity index (χ0v) is 11.7. The van der Waals surface area contributed by atoms with Crippen molar-refractivity contribution in [2.75, 3.05) is 24.6 Å². The SMILES string of the molecule is CC(C)C(C)(O)CN1CCSCC1CC(=O)O. The average Bonchev–Trinajstić information content (AvgIpc) is 2.19. The molecule has 2 atom stereocenters. The van der Waals surface area contributed by atoms with Crippen LogP contribution in [-0.2, 0) is 4.79 Å². The fraction of sp³-hybridized carbons (Fsp3) is 0.917. The zero-order valence-electron chi connectivity index (χ0n) is 10.8. The van der Waals surface area contributed by atoms with Crippen molar-refractivity contribution in [3.05, 3.63) is 0 Å². The van der Waals surface area contributed by atoms with Crippen molar-refractivity contribution in [2.45, 2.75) is 38.8 Å². The van der Waals surface area contributed by atoms with Gasteiger partial charge in [-0.05, 0) is 12.8 Å². The van der Waals surface area contributed by atoms with E-state index in [1.807, 2.05) is 20.8 Å². The summed E-state index contributed by atoms with van der Waals surface area (Å²) in [5.41, 5.74) is -0.751. The Hall–Kier alpha value is -0.260. The van der Waals surface area contributed by atoms with E-state index >= 15 is 0 Å². The quantitative estimate of drug-likeness (QED) is 0.781. The van der Waals surface area contributed by atoms with Crippen LogP contribution in [-0.4, -0.2) is 57.3 Å². The fourth-order valence-corrected chi connectivity index (χ4v) is 3.01. The number of thioether (sulfide) groups is 1. The normalized spacial score (nSPS) is 25.8. The molecule has 17 heavy (non-hydrogen) atoms. The predicted molar refractivity (Wildman–Crippen MR) is 70.4 cm³/mol. The molecule has 1 rings (SSSR count). The highest BCUT2D eigenvalue weighted by Crippen LogP contribution is 2.24. The molecular weight excluding hydrogens is 238 g/mol. The smallest absolute Gasteiger partial charge is 0.304 e. The molecule has 0 saturated carbocycles. The lowest BCUT2D eigenvalue weighted by molar-refractivity contribution is -0.138. The first-order valence-electron chi connectivity index (χ1n) is 6.09. The molecule has 1 heterocycles. The van der Waals surface area contributed by atoms with Gasteiger partial charge in [0.05, 0.1) is 12.0 Å². The second kappa shape index (κ2) is 6.07. The van der Waals surface area contributed by atoms with Crippen LogP contribution in [0.3, 0.4) is 0 Å². The first kappa shape index (κ1) is 14.8. The molecule has 100 valence electrons. The molecule has 0 amide bonds. The third-order valence-electron chi connectivity index (χ3n) is 3.53. The van der Waals surface area contributed by atoms with E-state index in [4.69, 9.17) is 5.11 Å². The summed E-state index contributed by atoms with van der Waals surface area (Å²) in [7, 11) is 0. The van der Waals surface area contributed by atoms with Gasteiger partial charge in [-0.2, -0.15) is 11.8 Å². The van der Waals surface area contributed by atoms with Gasteiger partial charge < -0.3 is 10.2 Å². The molecule has 1 aliphatic heterocycles. The van der Waals surface area contributed by atoms with Gasteiger partial charge in [0.25, 0.3) is 0 Å². The number of β-amino-alcohol motifs (C(OH)–C–C–N with tert-alkyl or cyclic N) is 1. The number of rotatable bonds is 5. The van der Waals surface area contributed by atoms with E-state index in [9.17, 15) is 9.90 Å². The largest absolute Gasteiger partial charge is 0.481 e. The summed E-state index contributed by atoms with van der Waals surface area (Å²) >= 11 is 1.80. The van der Waals surface area contributed by atoms with Crippen LogP contribution in [0.4, 0.5) is 0 Å². The lowest BCUT2D eigenvalue weighted by Gasteiger charge is -2.40. The van der Waals surface area contributed by atoms with Gasteiger partial charge in [0.2, 0.25) is 0 Å². The molecule has 2 N–H and O–H groups in total. The molecule has 0 spiro atoms. The fourth-order valence-electron chi connectivity index (χ4n) is 1.88. The van der Waals surface area contributed by atoms with Crippen LogP contribution in [0.2, 0.25) is 0 Å². The minimum Gasteiger partial charge on any atom is -0.481 e. The van der Waals surface area contributed by atoms with Gasteiger partial charge in [-0.25, -0.2) is 0 Å². The predicted octanol–water partition coefficient (Wildman–Crippen LogP) is 1.29. The van der Waals surface area contributed by atoms with Crippen molar-refractivity contribution in [1.29, 1.82) is 0 Å². The highest BCUT2D eigenvalue weighted by Gasteiger charge is 2.33.